The van der Waals surface area contributed by atoms with Crippen LogP contribution in [0, 0.1) is 0 Å². The lowest BCUT2D eigenvalue weighted by Gasteiger charge is -2.28. The normalized spacial score (nSPS) is 14.7. The van der Waals surface area contributed by atoms with E-state index in [0.717, 1.165) is 19.4 Å². The van der Waals surface area contributed by atoms with Crippen molar-refractivity contribution >= 4 is 0 Å². The molecular weight excluding hydrogens is 234 g/mol. The molecule has 2 N–H and O–H groups in total. The Morgan fingerprint density at radius 1 is 1.06 bits per heavy atom. The zero-order valence-electron chi connectivity index (χ0n) is 12.0. The molecule has 0 saturated carbocycles. The fourth-order valence-corrected chi connectivity index (χ4v) is 1.41. The summed E-state index contributed by atoms with van der Waals surface area (Å²) in [5.74, 6) is 0. The lowest BCUT2D eigenvalue weighted by molar-refractivity contribution is 0.0170. The molecule has 1 unspecified atom stereocenters. The number of hydrogen-bond donors (Lipinski definition) is 2. The maximum Gasteiger partial charge on any atom is 0.0701 e. The van der Waals surface area contributed by atoms with Gasteiger partial charge in [-0.25, -0.2) is 0 Å². The van der Waals surface area contributed by atoms with Gasteiger partial charge in [-0.3, -0.25) is 0 Å². The molecule has 0 aromatic rings. The Kier molecular flexibility index (Phi) is 11.7. The second-order valence-corrected chi connectivity index (χ2v) is 4.61. The molecule has 0 aromatic heterocycles. The van der Waals surface area contributed by atoms with Crippen LogP contribution in [-0.2, 0) is 14.2 Å². The van der Waals surface area contributed by atoms with Crippen LogP contribution < -0.4 is 5.32 Å². The summed E-state index contributed by atoms with van der Waals surface area (Å²) in [7, 11) is 1.65. The van der Waals surface area contributed by atoms with Crippen LogP contribution in [0.2, 0.25) is 0 Å². The third-order valence-corrected chi connectivity index (χ3v) is 2.75. The molecule has 0 fully saturated rings. The van der Waals surface area contributed by atoms with E-state index in [1.54, 1.807) is 7.11 Å². The number of rotatable bonds is 13. The van der Waals surface area contributed by atoms with E-state index in [4.69, 9.17) is 14.2 Å². The number of hydrogen-bond acceptors (Lipinski definition) is 5. The van der Waals surface area contributed by atoms with Crippen molar-refractivity contribution in [2.45, 2.75) is 32.2 Å². The largest absolute Gasteiger partial charge is 0.394 e. The second-order valence-electron chi connectivity index (χ2n) is 4.61. The predicted octanol–water partition coefficient (Wildman–Crippen LogP) is 0.807. The first-order chi connectivity index (χ1) is 8.68. The molecule has 0 rings (SSSR count). The highest BCUT2D eigenvalue weighted by Crippen LogP contribution is 2.08. The summed E-state index contributed by atoms with van der Waals surface area (Å²) in [5.41, 5.74) is -0.243. The Morgan fingerprint density at radius 2 is 1.67 bits per heavy atom. The van der Waals surface area contributed by atoms with Gasteiger partial charge in [-0.05, 0) is 26.3 Å². The number of ether oxygens (including phenoxy) is 3. The lowest BCUT2D eigenvalue weighted by Crippen LogP contribution is -2.46. The van der Waals surface area contributed by atoms with Crippen LogP contribution >= 0.6 is 0 Å². The molecule has 110 valence electrons. The van der Waals surface area contributed by atoms with Crippen LogP contribution in [-0.4, -0.2) is 63.9 Å². The summed E-state index contributed by atoms with van der Waals surface area (Å²) in [6, 6.07) is 0. The quantitative estimate of drug-likeness (QED) is 0.482. The maximum absolute atomic E-state index is 9.36. The molecule has 0 amide bonds. The van der Waals surface area contributed by atoms with E-state index in [1.807, 2.05) is 6.92 Å². The van der Waals surface area contributed by atoms with Crippen molar-refractivity contribution in [1.82, 2.24) is 5.32 Å². The number of nitrogens with one attached hydrogen (secondary N) is 1. The monoisotopic (exact) mass is 263 g/mol. The summed E-state index contributed by atoms with van der Waals surface area (Å²) in [6.07, 6.45) is 1.85. The third kappa shape index (κ3) is 9.79. The fourth-order valence-electron chi connectivity index (χ4n) is 1.41. The topological polar surface area (TPSA) is 60.0 Å². The van der Waals surface area contributed by atoms with E-state index in [9.17, 15) is 5.11 Å². The average molecular weight is 263 g/mol. The molecule has 1 atom stereocenters. The van der Waals surface area contributed by atoms with Crippen LogP contribution in [0.4, 0.5) is 0 Å². The van der Waals surface area contributed by atoms with Crippen LogP contribution in [0.5, 0.6) is 0 Å². The third-order valence-electron chi connectivity index (χ3n) is 2.75. The summed E-state index contributed by atoms with van der Waals surface area (Å²) in [6.45, 7) is 8.18. The minimum absolute atomic E-state index is 0.126. The zero-order chi connectivity index (χ0) is 13.7. The van der Waals surface area contributed by atoms with Crippen molar-refractivity contribution in [3.63, 3.8) is 0 Å². The molecule has 0 aromatic carbocycles. The van der Waals surface area contributed by atoms with Crippen LogP contribution in [0.3, 0.4) is 0 Å². The van der Waals surface area contributed by atoms with Crippen molar-refractivity contribution in [2.24, 2.45) is 0 Å². The van der Waals surface area contributed by atoms with Gasteiger partial charge >= 0.3 is 0 Å². The summed E-state index contributed by atoms with van der Waals surface area (Å²) in [5, 5.41) is 12.7. The minimum atomic E-state index is -0.243. The van der Waals surface area contributed by atoms with Gasteiger partial charge < -0.3 is 24.6 Å². The van der Waals surface area contributed by atoms with E-state index in [1.165, 1.54) is 0 Å². The summed E-state index contributed by atoms with van der Waals surface area (Å²) >= 11 is 0. The van der Waals surface area contributed by atoms with E-state index in [-0.39, 0.29) is 12.1 Å². The Labute approximate surface area is 111 Å². The van der Waals surface area contributed by atoms with E-state index < -0.39 is 0 Å². The van der Waals surface area contributed by atoms with Gasteiger partial charge in [0.1, 0.15) is 0 Å². The summed E-state index contributed by atoms with van der Waals surface area (Å²) < 4.78 is 15.6. The first kappa shape index (κ1) is 17.8. The van der Waals surface area contributed by atoms with E-state index >= 15 is 0 Å². The van der Waals surface area contributed by atoms with Gasteiger partial charge in [0.15, 0.2) is 0 Å². The first-order valence-corrected chi connectivity index (χ1v) is 6.69. The van der Waals surface area contributed by atoms with Gasteiger partial charge in [-0.2, -0.15) is 0 Å². The lowest BCUT2D eigenvalue weighted by atomic mass is 9.99. The van der Waals surface area contributed by atoms with Crippen molar-refractivity contribution in [1.29, 1.82) is 0 Å². The molecular formula is C13H29NO4. The molecule has 0 saturated heterocycles. The standard InChI is InChI=1S/C13H29NO4/c1-4-6-14-13(2,12-15)5-7-17-10-11-18-9-8-16-3/h14-15H,4-12H2,1-3H3. The van der Waals surface area contributed by atoms with Crippen LogP contribution in [0.1, 0.15) is 26.7 Å². The second kappa shape index (κ2) is 11.9. The zero-order valence-corrected chi connectivity index (χ0v) is 12.0. The van der Waals surface area contributed by atoms with Gasteiger partial charge in [0.2, 0.25) is 0 Å². The van der Waals surface area contributed by atoms with Gasteiger partial charge in [-0.1, -0.05) is 6.92 Å². The highest BCUT2D eigenvalue weighted by atomic mass is 16.5. The van der Waals surface area contributed by atoms with Crippen molar-refractivity contribution in [3.05, 3.63) is 0 Å². The molecule has 5 heteroatoms. The van der Waals surface area contributed by atoms with Crippen molar-refractivity contribution in [3.8, 4) is 0 Å². The first-order valence-electron chi connectivity index (χ1n) is 6.69. The number of aliphatic hydroxyl groups is 1. The minimum Gasteiger partial charge on any atom is -0.394 e. The SMILES string of the molecule is CCCNC(C)(CO)CCOCCOCCOC. The van der Waals surface area contributed by atoms with E-state index in [0.29, 0.717) is 33.0 Å². The van der Waals surface area contributed by atoms with Crippen molar-refractivity contribution < 1.29 is 19.3 Å². The molecule has 0 aliphatic heterocycles. The molecule has 0 aliphatic rings. The predicted molar refractivity (Wildman–Crippen MR) is 71.9 cm³/mol. The Balaban J connectivity index is 3.44. The summed E-state index contributed by atoms with van der Waals surface area (Å²) in [4.78, 5) is 0. The van der Waals surface area contributed by atoms with Gasteiger partial charge in [0, 0.05) is 19.3 Å². The van der Waals surface area contributed by atoms with Crippen LogP contribution in [0.15, 0.2) is 0 Å². The Bertz CT molecular complexity index is 180. The number of methoxy groups -OCH3 is 1. The highest BCUT2D eigenvalue weighted by Gasteiger charge is 2.21. The molecule has 0 bridgehead atoms. The molecule has 18 heavy (non-hydrogen) atoms. The average Bonchev–Trinajstić information content (AvgIpc) is 2.39. The molecule has 0 aliphatic carbocycles. The molecule has 0 radical (unpaired) electrons. The van der Waals surface area contributed by atoms with Gasteiger partial charge in [0.05, 0.1) is 33.0 Å². The fraction of sp³-hybridized carbons (Fsp3) is 1.00. The molecule has 0 spiro atoms. The number of aliphatic hydroxyl groups excluding tert-OH is 1. The van der Waals surface area contributed by atoms with Gasteiger partial charge in [0.25, 0.3) is 0 Å². The smallest absolute Gasteiger partial charge is 0.0701 e. The van der Waals surface area contributed by atoms with Gasteiger partial charge in [-0.15, -0.1) is 0 Å². The van der Waals surface area contributed by atoms with E-state index in [2.05, 4.69) is 12.2 Å². The highest BCUT2D eigenvalue weighted by molar-refractivity contribution is 4.81. The maximum atomic E-state index is 9.36. The molecule has 0 heterocycles. The van der Waals surface area contributed by atoms with Crippen LogP contribution in [0.25, 0.3) is 0 Å². The Hall–Kier alpha value is -0.200. The van der Waals surface area contributed by atoms with Crippen molar-refractivity contribution in [2.75, 3.05) is 53.3 Å². The molecule has 5 nitrogen and oxygen atoms in total. The Morgan fingerprint density at radius 3 is 2.22 bits per heavy atom.